The average molecular weight is 238 g/mol. The minimum Gasteiger partial charge on any atom is -0.388 e. The first-order chi connectivity index (χ1) is 8.04. The van der Waals surface area contributed by atoms with Crippen molar-refractivity contribution < 1.29 is 9.50 Å². The lowest BCUT2D eigenvalue weighted by molar-refractivity contribution is 0.164. The first kappa shape index (κ1) is 14.2. The third-order valence-corrected chi connectivity index (χ3v) is 2.92. The molecule has 0 saturated carbocycles. The van der Waals surface area contributed by atoms with Crippen LogP contribution in [0.4, 0.5) is 4.39 Å². The van der Waals surface area contributed by atoms with Crippen LogP contribution >= 0.6 is 0 Å². The smallest absolute Gasteiger partial charge is 0.126 e. The van der Waals surface area contributed by atoms with Gasteiger partial charge in [0.05, 0.1) is 6.10 Å². The van der Waals surface area contributed by atoms with Gasteiger partial charge in [0, 0.05) is 0 Å². The summed E-state index contributed by atoms with van der Waals surface area (Å²) < 4.78 is 13.8. The number of aliphatic hydroxyl groups excluding tert-OH is 1. The van der Waals surface area contributed by atoms with Gasteiger partial charge in [-0.2, -0.15) is 0 Å². The van der Waals surface area contributed by atoms with Crippen LogP contribution in [0.3, 0.4) is 0 Å². The van der Waals surface area contributed by atoms with Gasteiger partial charge in [-0.05, 0) is 36.0 Å². The Hall–Kier alpha value is -0.890. The molecule has 0 bridgehead atoms. The zero-order chi connectivity index (χ0) is 12.8. The van der Waals surface area contributed by atoms with Gasteiger partial charge in [-0.3, -0.25) is 0 Å². The highest BCUT2D eigenvalue weighted by Gasteiger charge is 2.11. The Morgan fingerprint density at radius 3 is 2.53 bits per heavy atom. The van der Waals surface area contributed by atoms with Crippen LogP contribution in [-0.4, -0.2) is 5.11 Å². The standard InChI is InChI=1S/C15H23FO/c1-4-5-6-15(17)13-8-7-12(9-11(2)3)14(16)10-13/h7-8,10-11,15,17H,4-6,9H2,1-3H3. The molecule has 0 amide bonds. The SMILES string of the molecule is CCCCC(O)c1ccc(CC(C)C)c(F)c1. The molecule has 0 saturated heterocycles. The van der Waals surface area contributed by atoms with E-state index >= 15 is 0 Å². The zero-order valence-electron chi connectivity index (χ0n) is 11.0. The Labute approximate surface area is 104 Å². The summed E-state index contributed by atoms with van der Waals surface area (Å²) in [6.07, 6.45) is 2.94. The summed E-state index contributed by atoms with van der Waals surface area (Å²) in [6.45, 7) is 6.23. The average Bonchev–Trinajstić information content (AvgIpc) is 2.28. The van der Waals surface area contributed by atoms with E-state index in [9.17, 15) is 9.50 Å². The van der Waals surface area contributed by atoms with Crippen molar-refractivity contribution in [2.45, 2.75) is 52.6 Å². The van der Waals surface area contributed by atoms with Crippen LogP contribution in [0.5, 0.6) is 0 Å². The number of benzene rings is 1. The number of hydrogen-bond acceptors (Lipinski definition) is 1. The Balaban J connectivity index is 2.73. The van der Waals surface area contributed by atoms with Gasteiger partial charge in [0.1, 0.15) is 5.82 Å². The summed E-state index contributed by atoms with van der Waals surface area (Å²) >= 11 is 0. The van der Waals surface area contributed by atoms with Crippen molar-refractivity contribution in [2.75, 3.05) is 0 Å². The second kappa shape index (κ2) is 6.75. The van der Waals surface area contributed by atoms with Crippen molar-refractivity contribution >= 4 is 0 Å². The van der Waals surface area contributed by atoms with Crippen LogP contribution in [0.15, 0.2) is 18.2 Å². The third-order valence-electron chi connectivity index (χ3n) is 2.92. The maximum Gasteiger partial charge on any atom is 0.126 e. The molecule has 0 fully saturated rings. The van der Waals surface area contributed by atoms with Crippen molar-refractivity contribution in [3.63, 3.8) is 0 Å². The van der Waals surface area contributed by atoms with E-state index in [4.69, 9.17) is 0 Å². The monoisotopic (exact) mass is 238 g/mol. The van der Waals surface area contributed by atoms with Gasteiger partial charge in [-0.25, -0.2) is 4.39 Å². The highest BCUT2D eigenvalue weighted by atomic mass is 19.1. The highest BCUT2D eigenvalue weighted by molar-refractivity contribution is 5.26. The van der Waals surface area contributed by atoms with Crippen molar-refractivity contribution in [1.29, 1.82) is 0 Å². The zero-order valence-corrected chi connectivity index (χ0v) is 11.0. The van der Waals surface area contributed by atoms with Crippen molar-refractivity contribution in [1.82, 2.24) is 0 Å². The molecule has 96 valence electrons. The Bertz CT molecular complexity index is 347. The van der Waals surface area contributed by atoms with E-state index in [0.717, 1.165) is 24.8 Å². The molecular formula is C15H23FO. The van der Waals surface area contributed by atoms with Gasteiger partial charge >= 0.3 is 0 Å². The summed E-state index contributed by atoms with van der Waals surface area (Å²) in [6, 6.07) is 5.14. The molecule has 1 atom stereocenters. The van der Waals surface area contributed by atoms with E-state index in [2.05, 4.69) is 20.8 Å². The molecule has 0 spiro atoms. The minimum atomic E-state index is -0.530. The van der Waals surface area contributed by atoms with Crippen molar-refractivity contribution in [3.8, 4) is 0 Å². The molecule has 0 radical (unpaired) electrons. The summed E-state index contributed by atoms with van der Waals surface area (Å²) in [5.74, 6) is 0.257. The number of hydrogen-bond donors (Lipinski definition) is 1. The van der Waals surface area contributed by atoms with Crippen LogP contribution in [0.25, 0.3) is 0 Å². The Morgan fingerprint density at radius 1 is 1.29 bits per heavy atom. The predicted molar refractivity (Wildman–Crippen MR) is 69.4 cm³/mol. The van der Waals surface area contributed by atoms with E-state index in [1.54, 1.807) is 6.07 Å². The molecule has 1 N–H and O–H groups in total. The van der Waals surface area contributed by atoms with Crippen LogP contribution in [0.1, 0.15) is 57.3 Å². The van der Waals surface area contributed by atoms with E-state index < -0.39 is 6.10 Å². The fourth-order valence-corrected chi connectivity index (χ4v) is 1.94. The number of rotatable bonds is 6. The second-order valence-corrected chi connectivity index (χ2v) is 5.11. The first-order valence-corrected chi connectivity index (χ1v) is 6.51. The molecule has 0 aliphatic heterocycles. The number of halogens is 1. The van der Waals surface area contributed by atoms with Crippen LogP contribution in [0, 0.1) is 11.7 Å². The van der Waals surface area contributed by atoms with E-state index in [-0.39, 0.29) is 5.82 Å². The predicted octanol–water partition coefficient (Wildman–Crippen LogP) is 4.25. The van der Waals surface area contributed by atoms with E-state index in [1.165, 1.54) is 6.07 Å². The van der Waals surface area contributed by atoms with Gasteiger partial charge in [0.15, 0.2) is 0 Å². The number of unbranched alkanes of at least 4 members (excludes halogenated alkanes) is 1. The maximum atomic E-state index is 13.8. The molecule has 0 aliphatic carbocycles. The fourth-order valence-electron chi connectivity index (χ4n) is 1.94. The lowest BCUT2D eigenvalue weighted by Gasteiger charge is -2.13. The summed E-state index contributed by atoms with van der Waals surface area (Å²) in [5, 5.41) is 9.88. The van der Waals surface area contributed by atoms with Gasteiger partial charge in [0.2, 0.25) is 0 Å². The van der Waals surface area contributed by atoms with Crippen LogP contribution in [0.2, 0.25) is 0 Å². The van der Waals surface area contributed by atoms with Gasteiger partial charge in [-0.15, -0.1) is 0 Å². The summed E-state index contributed by atoms with van der Waals surface area (Å²) in [4.78, 5) is 0. The molecule has 1 nitrogen and oxygen atoms in total. The molecule has 1 aromatic carbocycles. The van der Waals surface area contributed by atoms with Gasteiger partial charge < -0.3 is 5.11 Å². The van der Waals surface area contributed by atoms with Crippen LogP contribution < -0.4 is 0 Å². The fraction of sp³-hybridized carbons (Fsp3) is 0.600. The lowest BCUT2D eigenvalue weighted by atomic mass is 9.98. The normalized spacial score (nSPS) is 13.1. The summed E-state index contributed by atoms with van der Waals surface area (Å²) in [5.41, 5.74) is 1.44. The molecule has 1 aromatic rings. The van der Waals surface area contributed by atoms with Crippen molar-refractivity contribution in [3.05, 3.63) is 35.1 Å². The molecule has 17 heavy (non-hydrogen) atoms. The minimum absolute atomic E-state index is 0.188. The quantitative estimate of drug-likeness (QED) is 0.785. The van der Waals surface area contributed by atoms with E-state index in [1.807, 2.05) is 6.07 Å². The lowest BCUT2D eigenvalue weighted by Crippen LogP contribution is -2.02. The van der Waals surface area contributed by atoms with Crippen molar-refractivity contribution in [2.24, 2.45) is 5.92 Å². The molecule has 0 aromatic heterocycles. The largest absolute Gasteiger partial charge is 0.388 e. The first-order valence-electron chi connectivity index (χ1n) is 6.51. The Morgan fingerprint density at radius 2 is 2.00 bits per heavy atom. The van der Waals surface area contributed by atoms with E-state index in [0.29, 0.717) is 17.9 Å². The van der Waals surface area contributed by atoms with Crippen LogP contribution in [-0.2, 0) is 6.42 Å². The molecule has 0 aliphatic rings. The highest BCUT2D eigenvalue weighted by Crippen LogP contribution is 2.22. The molecule has 2 heteroatoms. The number of aliphatic hydroxyl groups is 1. The second-order valence-electron chi connectivity index (χ2n) is 5.11. The molecule has 0 heterocycles. The third kappa shape index (κ3) is 4.47. The summed E-state index contributed by atoms with van der Waals surface area (Å²) in [7, 11) is 0. The maximum absolute atomic E-state index is 13.8. The molecule has 1 unspecified atom stereocenters. The van der Waals surface area contributed by atoms with Gasteiger partial charge in [-0.1, -0.05) is 45.7 Å². The topological polar surface area (TPSA) is 20.2 Å². The molecular weight excluding hydrogens is 215 g/mol. The van der Waals surface area contributed by atoms with Gasteiger partial charge in [0.25, 0.3) is 0 Å². The molecule has 1 rings (SSSR count). The Kier molecular flexibility index (Phi) is 5.63.